The van der Waals surface area contributed by atoms with Crippen molar-refractivity contribution < 1.29 is 4.79 Å². The fraction of sp³-hybridized carbons (Fsp3) is 0.900. The summed E-state index contributed by atoms with van der Waals surface area (Å²) >= 11 is 1.90. The topological polar surface area (TPSA) is 55.1 Å². The average molecular weight is 216 g/mol. The van der Waals surface area contributed by atoms with E-state index in [1.807, 2.05) is 25.6 Å². The number of rotatable bonds is 3. The Balaban J connectivity index is 2.40. The summed E-state index contributed by atoms with van der Waals surface area (Å²) in [5.41, 5.74) is 5.76. The highest BCUT2D eigenvalue weighted by Crippen LogP contribution is 2.23. The zero-order valence-corrected chi connectivity index (χ0v) is 9.93. The molecular formula is C10H20N2OS. The molecule has 2 unspecified atom stereocenters. The maximum atomic E-state index is 11.6. The molecule has 0 saturated carbocycles. The van der Waals surface area contributed by atoms with Crippen LogP contribution in [-0.2, 0) is 4.79 Å². The minimum absolute atomic E-state index is 0.000602. The van der Waals surface area contributed by atoms with Crippen molar-refractivity contribution >= 4 is 17.7 Å². The van der Waals surface area contributed by atoms with Crippen LogP contribution in [0.25, 0.3) is 0 Å². The lowest BCUT2D eigenvalue weighted by Crippen LogP contribution is -2.49. The van der Waals surface area contributed by atoms with Gasteiger partial charge in [-0.25, -0.2) is 0 Å². The molecule has 0 spiro atoms. The van der Waals surface area contributed by atoms with Crippen LogP contribution in [0.3, 0.4) is 0 Å². The minimum atomic E-state index is -0.368. The van der Waals surface area contributed by atoms with Gasteiger partial charge in [-0.1, -0.05) is 20.8 Å². The first-order chi connectivity index (χ1) is 6.52. The third-order valence-electron chi connectivity index (χ3n) is 2.71. The standard InChI is InChI=1S/C10H20N2OS/c1-6(2)9(11)10(13)12-8-5-14-4-7(8)3/h6-9H,4-5,11H2,1-3H3,(H,12,13)/t7?,8?,9-/m1/s1. The van der Waals surface area contributed by atoms with E-state index < -0.39 is 0 Å². The number of thioether (sulfide) groups is 1. The second-order valence-corrected chi connectivity index (χ2v) is 5.47. The van der Waals surface area contributed by atoms with E-state index in [2.05, 4.69) is 12.2 Å². The summed E-state index contributed by atoms with van der Waals surface area (Å²) in [6.07, 6.45) is 0. The molecule has 3 nitrogen and oxygen atoms in total. The van der Waals surface area contributed by atoms with Gasteiger partial charge in [0.25, 0.3) is 0 Å². The number of hydrogen-bond donors (Lipinski definition) is 2. The molecule has 3 N–H and O–H groups in total. The Morgan fingerprint density at radius 2 is 2.14 bits per heavy atom. The number of nitrogens with one attached hydrogen (secondary N) is 1. The molecule has 0 aromatic heterocycles. The van der Waals surface area contributed by atoms with E-state index in [-0.39, 0.29) is 17.9 Å². The third-order valence-corrected chi connectivity index (χ3v) is 4.07. The van der Waals surface area contributed by atoms with E-state index in [0.29, 0.717) is 12.0 Å². The summed E-state index contributed by atoms with van der Waals surface area (Å²) in [5.74, 6) is 2.95. The Morgan fingerprint density at radius 3 is 2.57 bits per heavy atom. The van der Waals surface area contributed by atoms with Crippen LogP contribution in [-0.4, -0.2) is 29.5 Å². The maximum Gasteiger partial charge on any atom is 0.237 e. The van der Waals surface area contributed by atoms with Crippen LogP contribution in [0.5, 0.6) is 0 Å². The van der Waals surface area contributed by atoms with E-state index in [1.165, 1.54) is 0 Å². The van der Waals surface area contributed by atoms with Crippen LogP contribution in [0, 0.1) is 11.8 Å². The highest BCUT2D eigenvalue weighted by molar-refractivity contribution is 7.99. The Kier molecular flexibility index (Phi) is 4.26. The van der Waals surface area contributed by atoms with Crippen molar-refractivity contribution in [2.45, 2.75) is 32.9 Å². The monoisotopic (exact) mass is 216 g/mol. The predicted octanol–water partition coefficient (Wildman–Crippen LogP) is 0.837. The molecule has 1 fully saturated rings. The highest BCUT2D eigenvalue weighted by Gasteiger charge is 2.27. The Morgan fingerprint density at radius 1 is 1.50 bits per heavy atom. The van der Waals surface area contributed by atoms with Gasteiger partial charge in [-0.15, -0.1) is 0 Å². The van der Waals surface area contributed by atoms with Gasteiger partial charge >= 0.3 is 0 Å². The Labute approximate surface area is 90.2 Å². The smallest absolute Gasteiger partial charge is 0.237 e. The zero-order chi connectivity index (χ0) is 10.7. The summed E-state index contributed by atoms with van der Waals surface area (Å²) in [6.45, 7) is 6.11. The van der Waals surface area contributed by atoms with Gasteiger partial charge in [0, 0.05) is 11.8 Å². The molecule has 0 aliphatic carbocycles. The second kappa shape index (κ2) is 5.03. The van der Waals surface area contributed by atoms with E-state index in [1.54, 1.807) is 0 Å². The molecule has 0 radical (unpaired) electrons. The number of nitrogens with two attached hydrogens (primary N) is 1. The lowest BCUT2D eigenvalue weighted by molar-refractivity contribution is -0.124. The molecule has 1 aliphatic rings. The van der Waals surface area contributed by atoms with Crippen molar-refractivity contribution in [1.82, 2.24) is 5.32 Å². The molecule has 1 amide bonds. The van der Waals surface area contributed by atoms with Crippen LogP contribution in [0.2, 0.25) is 0 Å². The number of carbonyl (C=O) groups is 1. The molecule has 82 valence electrons. The van der Waals surface area contributed by atoms with Gasteiger partial charge in [0.2, 0.25) is 5.91 Å². The van der Waals surface area contributed by atoms with Crippen molar-refractivity contribution in [3.05, 3.63) is 0 Å². The third kappa shape index (κ3) is 2.89. The highest BCUT2D eigenvalue weighted by atomic mass is 32.2. The van der Waals surface area contributed by atoms with Crippen molar-refractivity contribution in [1.29, 1.82) is 0 Å². The summed E-state index contributed by atoms with van der Waals surface area (Å²) in [4.78, 5) is 11.6. The molecule has 1 rings (SSSR count). The predicted molar refractivity (Wildman–Crippen MR) is 61.2 cm³/mol. The fourth-order valence-electron chi connectivity index (χ4n) is 1.43. The van der Waals surface area contributed by atoms with Gasteiger partial charge in [-0.2, -0.15) is 11.8 Å². The summed E-state index contributed by atoms with van der Waals surface area (Å²) in [7, 11) is 0. The van der Waals surface area contributed by atoms with Crippen LogP contribution in [0.4, 0.5) is 0 Å². The van der Waals surface area contributed by atoms with Crippen LogP contribution in [0.15, 0.2) is 0 Å². The van der Waals surface area contributed by atoms with Crippen molar-refractivity contribution in [2.24, 2.45) is 17.6 Å². The average Bonchev–Trinajstić information content (AvgIpc) is 2.50. The van der Waals surface area contributed by atoms with Crippen LogP contribution in [0.1, 0.15) is 20.8 Å². The lowest BCUT2D eigenvalue weighted by atomic mass is 10.0. The van der Waals surface area contributed by atoms with Crippen LogP contribution >= 0.6 is 11.8 Å². The molecule has 3 atom stereocenters. The molecule has 0 aromatic rings. The van der Waals surface area contributed by atoms with Crippen molar-refractivity contribution in [3.8, 4) is 0 Å². The largest absolute Gasteiger partial charge is 0.351 e. The molecule has 1 saturated heterocycles. The summed E-state index contributed by atoms with van der Waals surface area (Å²) in [5, 5.41) is 3.02. The second-order valence-electron chi connectivity index (χ2n) is 4.40. The van der Waals surface area contributed by atoms with Gasteiger partial charge in [-0.3, -0.25) is 4.79 Å². The van der Waals surface area contributed by atoms with E-state index in [4.69, 9.17) is 5.73 Å². The normalized spacial score (nSPS) is 29.2. The molecule has 0 aromatic carbocycles. The maximum absolute atomic E-state index is 11.6. The van der Waals surface area contributed by atoms with Gasteiger partial charge in [0.05, 0.1) is 6.04 Å². The first kappa shape index (κ1) is 11.9. The fourth-order valence-corrected chi connectivity index (χ4v) is 2.83. The molecular weight excluding hydrogens is 196 g/mol. The van der Waals surface area contributed by atoms with Crippen molar-refractivity contribution in [2.75, 3.05) is 11.5 Å². The quantitative estimate of drug-likeness (QED) is 0.735. The summed E-state index contributed by atoms with van der Waals surface area (Å²) < 4.78 is 0. The molecule has 1 heterocycles. The van der Waals surface area contributed by atoms with E-state index in [0.717, 1.165) is 11.5 Å². The number of carbonyl (C=O) groups excluding carboxylic acids is 1. The SMILES string of the molecule is CC1CSCC1NC(=O)[C@H](N)C(C)C. The molecule has 4 heteroatoms. The minimum Gasteiger partial charge on any atom is -0.351 e. The van der Waals surface area contributed by atoms with E-state index in [9.17, 15) is 4.79 Å². The molecule has 0 bridgehead atoms. The van der Waals surface area contributed by atoms with Crippen LogP contribution < -0.4 is 11.1 Å². The van der Waals surface area contributed by atoms with Gasteiger partial charge < -0.3 is 11.1 Å². The van der Waals surface area contributed by atoms with Gasteiger partial charge in [0.15, 0.2) is 0 Å². The van der Waals surface area contributed by atoms with Crippen molar-refractivity contribution in [3.63, 3.8) is 0 Å². The number of amides is 1. The first-order valence-electron chi connectivity index (χ1n) is 5.16. The summed E-state index contributed by atoms with van der Waals surface area (Å²) in [6, 6.07) is -0.0508. The zero-order valence-electron chi connectivity index (χ0n) is 9.12. The number of hydrogen-bond acceptors (Lipinski definition) is 3. The first-order valence-corrected chi connectivity index (χ1v) is 6.31. The van der Waals surface area contributed by atoms with E-state index >= 15 is 0 Å². The molecule has 1 aliphatic heterocycles. The van der Waals surface area contributed by atoms with Gasteiger partial charge in [-0.05, 0) is 17.6 Å². The Hall–Kier alpha value is -0.220. The van der Waals surface area contributed by atoms with Gasteiger partial charge in [0.1, 0.15) is 0 Å². The molecule has 14 heavy (non-hydrogen) atoms. The Bertz CT molecular complexity index is 208. The lowest BCUT2D eigenvalue weighted by Gasteiger charge is -2.21.